The molecule has 1 aromatic carbocycles. The molecule has 0 aliphatic heterocycles. The van der Waals surface area contributed by atoms with E-state index in [0.717, 1.165) is 0 Å². The summed E-state index contributed by atoms with van der Waals surface area (Å²) in [5.74, 6) is 2.38. The van der Waals surface area contributed by atoms with E-state index in [-0.39, 0.29) is 12.5 Å². The van der Waals surface area contributed by atoms with Gasteiger partial charge in [-0.1, -0.05) is 17.2 Å². The Hall–Kier alpha value is -3.16. The van der Waals surface area contributed by atoms with Crippen molar-refractivity contribution >= 4 is 11.7 Å². The zero-order valence-electron chi connectivity index (χ0n) is 13.3. The second-order valence-electron chi connectivity index (χ2n) is 5.05. The van der Waals surface area contributed by atoms with E-state index < -0.39 is 0 Å². The summed E-state index contributed by atoms with van der Waals surface area (Å²) in [6.45, 7) is 3.89. The predicted molar refractivity (Wildman–Crippen MR) is 83.6 cm³/mol. The second-order valence-corrected chi connectivity index (χ2v) is 5.05. The van der Waals surface area contributed by atoms with Crippen molar-refractivity contribution in [3.63, 3.8) is 0 Å². The smallest absolute Gasteiger partial charge is 0.256 e. The third-order valence-corrected chi connectivity index (χ3v) is 3.17. The van der Waals surface area contributed by atoms with Gasteiger partial charge >= 0.3 is 0 Å². The minimum absolute atomic E-state index is 0.202. The van der Waals surface area contributed by atoms with Gasteiger partial charge in [-0.05, 0) is 31.2 Å². The molecule has 1 N–H and O–H groups in total. The molecule has 24 heavy (non-hydrogen) atoms. The van der Waals surface area contributed by atoms with Crippen molar-refractivity contribution < 1.29 is 18.6 Å². The van der Waals surface area contributed by atoms with E-state index in [1.165, 1.54) is 0 Å². The molecule has 3 aromatic rings. The van der Waals surface area contributed by atoms with Crippen LogP contribution in [0.2, 0.25) is 0 Å². The lowest BCUT2D eigenvalue weighted by molar-refractivity contribution is 0.102. The van der Waals surface area contributed by atoms with Crippen molar-refractivity contribution in [1.29, 1.82) is 0 Å². The van der Waals surface area contributed by atoms with Gasteiger partial charge in [0.15, 0.2) is 12.4 Å². The number of carbonyl (C=O) groups is 1. The normalized spacial score (nSPS) is 10.6. The van der Waals surface area contributed by atoms with Crippen LogP contribution in [0.15, 0.2) is 39.4 Å². The molecule has 0 spiro atoms. The first-order chi connectivity index (χ1) is 11.6. The fourth-order valence-corrected chi connectivity index (χ4v) is 1.96. The van der Waals surface area contributed by atoms with E-state index in [9.17, 15) is 4.79 Å². The van der Waals surface area contributed by atoms with Gasteiger partial charge in [-0.15, -0.1) is 0 Å². The lowest BCUT2D eigenvalue weighted by Crippen LogP contribution is -2.11. The van der Waals surface area contributed by atoms with Crippen molar-refractivity contribution in [3.05, 3.63) is 53.4 Å². The zero-order valence-corrected chi connectivity index (χ0v) is 13.3. The summed E-state index contributed by atoms with van der Waals surface area (Å²) in [5, 5.41) is 10.2. The zero-order chi connectivity index (χ0) is 16.9. The molecule has 0 fully saturated rings. The van der Waals surface area contributed by atoms with E-state index >= 15 is 0 Å². The van der Waals surface area contributed by atoms with Crippen LogP contribution in [0.4, 0.5) is 5.82 Å². The van der Waals surface area contributed by atoms with Gasteiger partial charge in [-0.3, -0.25) is 4.79 Å². The average Bonchev–Trinajstić information content (AvgIpc) is 3.22. The van der Waals surface area contributed by atoms with E-state index in [4.69, 9.17) is 13.8 Å². The molecular weight excluding hydrogens is 312 g/mol. The van der Waals surface area contributed by atoms with Crippen LogP contribution in [-0.2, 0) is 13.0 Å². The molecule has 0 bridgehead atoms. The van der Waals surface area contributed by atoms with Crippen LogP contribution in [0.3, 0.4) is 0 Å². The number of anilines is 1. The molecular formula is C16H16N4O4. The first-order valence-corrected chi connectivity index (χ1v) is 7.43. The van der Waals surface area contributed by atoms with Crippen molar-refractivity contribution in [2.75, 3.05) is 5.32 Å². The van der Waals surface area contributed by atoms with Gasteiger partial charge in [0, 0.05) is 18.1 Å². The number of rotatable bonds is 6. The summed E-state index contributed by atoms with van der Waals surface area (Å²) >= 11 is 0. The molecule has 0 aliphatic rings. The Morgan fingerprint density at radius 2 is 2.00 bits per heavy atom. The van der Waals surface area contributed by atoms with Crippen LogP contribution < -0.4 is 10.1 Å². The number of nitrogens with one attached hydrogen (secondary N) is 1. The predicted octanol–water partition coefficient (Wildman–Crippen LogP) is 2.76. The van der Waals surface area contributed by atoms with Crippen LogP contribution in [0.5, 0.6) is 5.75 Å². The van der Waals surface area contributed by atoms with Crippen LogP contribution in [0.1, 0.15) is 34.8 Å². The number of benzene rings is 1. The highest BCUT2D eigenvalue weighted by atomic mass is 16.5. The molecule has 0 saturated carbocycles. The number of hydrogen-bond donors (Lipinski definition) is 1. The molecule has 2 heterocycles. The number of aromatic nitrogens is 3. The van der Waals surface area contributed by atoms with E-state index in [1.54, 1.807) is 37.3 Å². The topological polar surface area (TPSA) is 103 Å². The summed E-state index contributed by atoms with van der Waals surface area (Å²) in [4.78, 5) is 16.2. The Balaban J connectivity index is 1.57. The van der Waals surface area contributed by atoms with E-state index in [1.807, 2.05) is 6.92 Å². The monoisotopic (exact) mass is 328 g/mol. The van der Waals surface area contributed by atoms with Crippen molar-refractivity contribution in [2.24, 2.45) is 0 Å². The lowest BCUT2D eigenvalue weighted by Gasteiger charge is -2.05. The highest BCUT2D eigenvalue weighted by molar-refractivity contribution is 6.03. The summed E-state index contributed by atoms with van der Waals surface area (Å²) in [7, 11) is 0. The van der Waals surface area contributed by atoms with Gasteiger partial charge in [0.25, 0.3) is 5.91 Å². The Bertz CT molecular complexity index is 823. The SMILES string of the molecule is CCc1nc(COc2ccc(C(=O)Nc3cc(C)on3)cc2)no1. The number of ether oxygens (including phenoxy) is 1. The largest absolute Gasteiger partial charge is 0.485 e. The third kappa shape index (κ3) is 3.78. The van der Waals surface area contributed by atoms with Gasteiger partial charge < -0.3 is 19.1 Å². The molecule has 0 aliphatic carbocycles. The Morgan fingerprint density at radius 1 is 1.21 bits per heavy atom. The maximum absolute atomic E-state index is 12.1. The van der Waals surface area contributed by atoms with Crippen molar-refractivity contribution in [1.82, 2.24) is 15.3 Å². The lowest BCUT2D eigenvalue weighted by atomic mass is 10.2. The summed E-state index contributed by atoms with van der Waals surface area (Å²) in [5.41, 5.74) is 0.482. The number of carbonyl (C=O) groups excluding carboxylic acids is 1. The highest BCUT2D eigenvalue weighted by Gasteiger charge is 2.10. The molecule has 2 aromatic heterocycles. The van der Waals surface area contributed by atoms with Crippen LogP contribution in [0.25, 0.3) is 0 Å². The summed E-state index contributed by atoms with van der Waals surface area (Å²) < 4.78 is 15.5. The van der Waals surface area contributed by atoms with Crippen molar-refractivity contribution in [3.8, 4) is 5.75 Å². The van der Waals surface area contributed by atoms with Gasteiger partial charge in [0.1, 0.15) is 11.5 Å². The van der Waals surface area contributed by atoms with Crippen molar-refractivity contribution in [2.45, 2.75) is 26.9 Å². The third-order valence-electron chi connectivity index (χ3n) is 3.17. The molecule has 0 saturated heterocycles. The minimum atomic E-state index is -0.277. The quantitative estimate of drug-likeness (QED) is 0.742. The van der Waals surface area contributed by atoms with E-state index in [0.29, 0.717) is 41.0 Å². The number of aryl methyl sites for hydroxylation is 2. The Labute approximate surface area is 137 Å². The molecule has 8 heteroatoms. The van der Waals surface area contributed by atoms with Gasteiger partial charge in [-0.25, -0.2) is 0 Å². The molecule has 3 rings (SSSR count). The molecule has 8 nitrogen and oxygen atoms in total. The first-order valence-electron chi connectivity index (χ1n) is 7.43. The molecule has 0 radical (unpaired) electrons. The molecule has 0 atom stereocenters. The fraction of sp³-hybridized carbons (Fsp3) is 0.250. The maximum atomic E-state index is 12.1. The maximum Gasteiger partial charge on any atom is 0.256 e. The standard InChI is InChI=1S/C16H16N4O4/c1-3-15-17-14(20-24-15)9-22-12-6-4-11(5-7-12)16(21)18-13-8-10(2)23-19-13/h4-8H,3,9H2,1-2H3,(H,18,19,21). The first kappa shape index (κ1) is 15.7. The van der Waals surface area contributed by atoms with Crippen LogP contribution >= 0.6 is 0 Å². The number of hydrogen-bond acceptors (Lipinski definition) is 7. The van der Waals surface area contributed by atoms with E-state index in [2.05, 4.69) is 20.6 Å². The number of nitrogens with zero attached hydrogens (tertiary/aromatic N) is 3. The molecule has 1 amide bonds. The summed E-state index contributed by atoms with van der Waals surface area (Å²) in [6, 6.07) is 8.36. The van der Waals surface area contributed by atoms with Gasteiger partial charge in [0.05, 0.1) is 0 Å². The highest BCUT2D eigenvalue weighted by Crippen LogP contribution is 2.15. The summed E-state index contributed by atoms with van der Waals surface area (Å²) in [6.07, 6.45) is 0.682. The molecule has 0 unspecified atom stereocenters. The van der Waals surface area contributed by atoms with Crippen LogP contribution in [0, 0.1) is 6.92 Å². The number of amides is 1. The van der Waals surface area contributed by atoms with Gasteiger partial charge in [0.2, 0.25) is 11.7 Å². The molecule has 124 valence electrons. The Morgan fingerprint density at radius 3 is 2.62 bits per heavy atom. The fourth-order valence-electron chi connectivity index (χ4n) is 1.96. The van der Waals surface area contributed by atoms with Gasteiger partial charge in [-0.2, -0.15) is 4.98 Å². The minimum Gasteiger partial charge on any atom is -0.485 e. The average molecular weight is 328 g/mol. The Kier molecular flexibility index (Phi) is 4.55. The second kappa shape index (κ2) is 6.95. The van der Waals surface area contributed by atoms with Crippen LogP contribution in [-0.4, -0.2) is 21.2 Å².